The standard InChI is InChI=1S/C26H54O8/c1-25(2,3)8-7-9-27-10-11-28-12-13-29-14-15-30-16-17-31-18-19-32-20-21-33-22-23-34-24-26(4,5)6/h7-24H2,1-6H3. The molecule has 0 spiro atoms. The number of ether oxygens (including phenoxy) is 8. The third-order valence-electron chi connectivity index (χ3n) is 4.35. The van der Waals surface area contributed by atoms with Crippen molar-refractivity contribution in [3.05, 3.63) is 0 Å². The smallest absolute Gasteiger partial charge is 0.0701 e. The first-order chi connectivity index (χ1) is 16.2. The first-order valence-electron chi connectivity index (χ1n) is 12.8. The summed E-state index contributed by atoms with van der Waals surface area (Å²) in [5.74, 6) is 0. The Hall–Kier alpha value is -0.320. The van der Waals surface area contributed by atoms with Crippen molar-refractivity contribution in [3.63, 3.8) is 0 Å². The van der Waals surface area contributed by atoms with Gasteiger partial charge in [0.25, 0.3) is 0 Å². The lowest BCUT2D eigenvalue weighted by Crippen LogP contribution is -2.17. The van der Waals surface area contributed by atoms with Gasteiger partial charge in [-0.15, -0.1) is 0 Å². The van der Waals surface area contributed by atoms with Crippen LogP contribution >= 0.6 is 0 Å². The first kappa shape index (κ1) is 33.7. The van der Waals surface area contributed by atoms with Crippen LogP contribution in [0.25, 0.3) is 0 Å². The van der Waals surface area contributed by atoms with E-state index in [4.69, 9.17) is 37.9 Å². The van der Waals surface area contributed by atoms with E-state index >= 15 is 0 Å². The van der Waals surface area contributed by atoms with Crippen molar-refractivity contribution >= 4 is 0 Å². The molecule has 34 heavy (non-hydrogen) atoms. The highest BCUT2D eigenvalue weighted by Crippen LogP contribution is 2.20. The summed E-state index contributed by atoms with van der Waals surface area (Å²) in [6.07, 6.45) is 2.27. The molecule has 0 saturated heterocycles. The quantitative estimate of drug-likeness (QED) is 0.176. The molecule has 0 aliphatic carbocycles. The Balaban J connectivity index is 3.07. The fourth-order valence-electron chi connectivity index (χ4n) is 2.62. The summed E-state index contributed by atoms with van der Waals surface area (Å²) < 4.78 is 43.9. The Morgan fingerprint density at radius 2 is 0.588 bits per heavy atom. The largest absolute Gasteiger partial charge is 0.379 e. The van der Waals surface area contributed by atoms with E-state index in [0.29, 0.717) is 97.9 Å². The van der Waals surface area contributed by atoms with E-state index in [-0.39, 0.29) is 5.41 Å². The molecule has 0 aromatic heterocycles. The van der Waals surface area contributed by atoms with Crippen LogP contribution in [-0.4, -0.2) is 106 Å². The van der Waals surface area contributed by atoms with Crippen molar-refractivity contribution < 1.29 is 37.9 Å². The molecular weight excluding hydrogens is 440 g/mol. The molecule has 8 heteroatoms. The maximum absolute atomic E-state index is 5.56. The second-order valence-corrected chi connectivity index (χ2v) is 10.6. The second-order valence-electron chi connectivity index (χ2n) is 10.6. The van der Waals surface area contributed by atoms with Crippen LogP contribution in [0, 0.1) is 10.8 Å². The van der Waals surface area contributed by atoms with Crippen LogP contribution in [0.5, 0.6) is 0 Å². The number of rotatable bonds is 25. The van der Waals surface area contributed by atoms with E-state index in [2.05, 4.69) is 41.5 Å². The topological polar surface area (TPSA) is 73.8 Å². The SMILES string of the molecule is CC(C)(C)CCCOCCOCCOCCOCCOCCOCCOCCOCC(C)(C)C. The molecule has 0 atom stereocenters. The first-order valence-corrected chi connectivity index (χ1v) is 12.8. The second kappa shape index (κ2) is 23.1. The summed E-state index contributed by atoms with van der Waals surface area (Å²) in [5, 5.41) is 0. The maximum Gasteiger partial charge on any atom is 0.0701 e. The molecule has 0 heterocycles. The molecule has 0 rings (SSSR count). The summed E-state index contributed by atoms with van der Waals surface area (Å²) in [4.78, 5) is 0. The Morgan fingerprint density at radius 3 is 0.853 bits per heavy atom. The molecule has 0 radical (unpaired) electrons. The minimum absolute atomic E-state index is 0.193. The molecule has 206 valence electrons. The average Bonchev–Trinajstić information content (AvgIpc) is 2.74. The Labute approximate surface area is 209 Å². The lowest BCUT2D eigenvalue weighted by atomic mass is 9.91. The van der Waals surface area contributed by atoms with Crippen LogP contribution in [-0.2, 0) is 37.9 Å². The predicted molar refractivity (Wildman–Crippen MR) is 135 cm³/mol. The van der Waals surface area contributed by atoms with Gasteiger partial charge >= 0.3 is 0 Å². The number of hydrogen-bond acceptors (Lipinski definition) is 8. The Bertz CT molecular complexity index is 369. The van der Waals surface area contributed by atoms with E-state index in [1.807, 2.05) is 0 Å². The lowest BCUT2D eigenvalue weighted by Gasteiger charge is -2.17. The van der Waals surface area contributed by atoms with Gasteiger partial charge in [-0.2, -0.15) is 0 Å². The molecule has 0 aliphatic heterocycles. The van der Waals surface area contributed by atoms with Gasteiger partial charge in [0.1, 0.15) is 0 Å². The van der Waals surface area contributed by atoms with Gasteiger partial charge in [0.15, 0.2) is 0 Å². The zero-order valence-electron chi connectivity index (χ0n) is 23.0. The van der Waals surface area contributed by atoms with Crippen molar-refractivity contribution in [2.75, 3.05) is 106 Å². The minimum atomic E-state index is 0.193. The fraction of sp³-hybridized carbons (Fsp3) is 1.00. The van der Waals surface area contributed by atoms with Crippen molar-refractivity contribution in [3.8, 4) is 0 Å². The molecule has 0 aliphatic rings. The lowest BCUT2D eigenvalue weighted by molar-refractivity contribution is -0.0253. The molecule has 0 N–H and O–H groups in total. The maximum atomic E-state index is 5.56. The van der Waals surface area contributed by atoms with Crippen LogP contribution in [0.4, 0.5) is 0 Å². The summed E-state index contributed by atoms with van der Waals surface area (Å²) >= 11 is 0. The third-order valence-corrected chi connectivity index (χ3v) is 4.35. The zero-order chi connectivity index (χ0) is 25.4. The van der Waals surface area contributed by atoms with Gasteiger partial charge in [-0.3, -0.25) is 0 Å². The van der Waals surface area contributed by atoms with E-state index in [9.17, 15) is 0 Å². The molecule has 0 fully saturated rings. The van der Waals surface area contributed by atoms with Gasteiger partial charge in [-0.05, 0) is 23.7 Å². The highest BCUT2D eigenvalue weighted by atomic mass is 16.6. The van der Waals surface area contributed by atoms with Crippen LogP contribution in [0.1, 0.15) is 54.4 Å². The predicted octanol–water partition coefficient (Wildman–Crippen LogP) is 3.99. The van der Waals surface area contributed by atoms with Gasteiger partial charge in [0.05, 0.1) is 99.1 Å². The van der Waals surface area contributed by atoms with Crippen molar-refractivity contribution in [2.45, 2.75) is 54.4 Å². The van der Waals surface area contributed by atoms with Gasteiger partial charge in [0, 0.05) is 6.61 Å². The summed E-state index contributed by atoms with van der Waals surface area (Å²) in [6, 6.07) is 0. The Kier molecular flexibility index (Phi) is 22.9. The normalized spacial score (nSPS) is 12.5. The number of hydrogen-bond donors (Lipinski definition) is 0. The van der Waals surface area contributed by atoms with Crippen molar-refractivity contribution in [2.24, 2.45) is 10.8 Å². The van der Waals surface area contributed by atoms with Crippen LogP contribution in [0.15, 0.2) is 0 Å². The molecule has 0 amide bonds. The molecule has 0 aromatic rings. The van der Waals surface area contributed by atoms with Crippen molar-refractivity contribution in [1.82, 2.24) is 0 Å². The monoisotopic (exact) mass is 494 g/mol. The average molecular weight is 495 g/mol. The Morgan fingerprint density at radius 1 is 0.324 bits per heavy atom. The molecular formula is C26H54O8. The van der Waals surface area contributed by atoms with Gasteiger partial charge in [-0.1, -0.05) is 41.5 Å². The highest BCUT2D eigenvalue weighted by Gasteiger charge is 2.09. The van der Waals surface area contributed by atoms with Crippen molar-refractivity contribution in [1.29, 1.82) is 0 Å². The fourth-order valence-corrected chi connectivity index (χ4v) is 2.62. The summed E-state index contributed by atoms with van der Waals surface area (Å²) in [5.41, 5.74) is 0.569. The summed E-state index contributed by atoms with van der Waals surface area (Å²) in [7, 11) is 0. The zero-order valence-corrected chi connectivity index (χ0v) is 23.0. The van der Waals surface area contributed by atoms with E-state index in [0.717, 1.165) is 19.6 Å². The van der Waals surface area contributed by atoms with Crippen LogP contribution < -0.4 is 0 Å². The van der Waals surface area contributed by atoms with Gasteiger partial charge in [-0.25, -0.2) is 0 Å². The van der Waals surface area contributed by atoms with Crippen LogP contribution in [0.2, 0.25) is 0 Å². The van der Waals surface area contributed by atoms with Gasteiger partial charge in [0.2, 0.25) is 0 Å². The highest BCUT2D eigenvalue weighted by molar-refractivity contribution is 4.60. The van der Waals surface area contributed by atoms with E-state index in [1.54, 1.807) is 0 Å². The molecule has 8 nitrogen and oxygen atoms in total. The molecule has 0 bridgehead atoms. The third kappa shape index (κ3) is 31.7. The van der Waals surface area contributed by atoms with E-state index < -0.39 is 0 Å². The summed E-state index contributed by atoms with van der Waals surface area (Å²) in [6.45, 7) is 22.8. The van der Waals surface area contributed by atoms with Crippen LogP contribution in [0.3, 0.4) is 0 Å². The molecule has 0 aromatic carbocycles. The molecule has 0 saturated carbocycles. The minimum Gasteiger partial charge on any atom is -0.379 e. The molecule has 0 unspecified atom stereocenters. The van der Waals surface area contributed by atoms with E-state index in [1.165, 1.54) is 6.42 Å². The van der Waals surface area contributed by atoms with Gasteiger partial charge < -0.3 is 37.9 Å².